The van der Waals surface area contributed by atoms with Crippen molar-refractivity contribution >= 4 is 10.0 Å². The van der Waals surface area contributed by atoms with E-state index in [0.717, 1.165) is 12.1 Å². The van der Waals surface area contributed by atoms with Crippen LogP contribution in [0.25, 0.3) is 0 Å². The van der Waals surface area contributed by atoms with E-state index in [4.69, 9.17) is 9.88 Å². The second kappa shape index (κ2) is 5.42. The van der Waals surface area contributed by atoms with Gasteiger partial charge in [-0.05, 0) is 12.1 Å². The summed E-state index contributed by atoms with van der Waals surface area (Å²) in [7, 11) is -3.62. The predicted molar refractivity (Wildman–Crippen MR) is 59.0 cm³/mol. The lowest BCUT2D eigenvalue weighted by Gasteiger charge is -2.12. The average molecular weight is 265 g/mol. The Labute approximate surface area is 98.4 Å². The van der Waals surface area contributed by atoms with Crippen LogP contribution in [0.2, 0.25) is 0 Å². The molecular formula is C10H13F2NO3S. The van der Waals surface area contributed by atoms with Crippen molar-refractivity contribution in [2.75, 3.05) is 12.4 Å². The number of para-hydroxylation sites is 1. The van der Waals surface area contributed by atoms with Gasteiger partial charge in [0.15, 0.2) is 17.4 Å². The van der Waals surface area contributed by atoms with Crippen molar-refractivity contribution in [3.63, 3.8) is 0 Å². The largest absolute Gasteiger partial charge is 0.487 e. The number of hydrogen-bond donors (Lipinski definition) is 1. The summed E-state index contributed by atoms with van der Waals surface area (Å²) in [5.41, 5.74) is 0. The maximum absolute atomic E-state index is 13.1. The quantitative estimate of drug-likeness (QED) is 0.871. The molecule has 0 saturated carbocycles. The molecule has 0 heterocycles. The Hall–Kier alpha value is -1.21. The van der Waals surface area contributed by atoms with Gasteiger partial charge in [0, 0.05) is 5.92 Å². The Bertz CT molecular complexity index is 470. The van der Waals surface area contributed by atoms with Crippen LogP contribution in [-0.2, 0) is 10.0 Å². The highest BCUT2D eigenvalue weighted by molar-refractivity contribution is 7.89. The van der Waals surface area contributed by atoms with E-state index in [0.29, 0.717) is 0 Å². The fraction of sp³-hybridized carbons (Fsp3) is 0.400. The van der Waals surface area contributed by atoms with Gasteiger partial charge in [0.25, 0.3) is 0 Å². The lowest BCUT2D eigenvalue weighted by atomic mass is 10.2. The van der Waals surface area contributed by atoms with Gasteiger partial charge in [0.1, 0.15) is 0 Å². The standard InChI is InChI=1S/C10H13F2NO3S/c1-7(6-17(13,14)15)5-16-10-8(11)3-2-4-9(10)12/h2-4,7H,5-6H2,1H3,(H2,13,14,15). The molecule has 0 amide bonds. The maximum Gasteiger partial charge on any atom is 0.209 e. The topological polar surface area (TPSA) is 69.4 Å². The first-order chi connectivity index (χ1) is 7.79. The molecule has 0 spiro atoms. The van der Waals surface area contributed by atoms with Crippen molar-refractivity contribution in [2.45, 2.75) is 6.92 Å². The molecular weight excluding hydrogens is 252 g/mol. The number of sulfonamides is 1. The smallest absolute Gasteiger partial charge is 0.209 e. The molecule has 0 aliphatic rings. The average Bonchev–Trinajstić information content (AvgIpc) is 2.14. The molecule has 1 aromatic rings. The molecule has 1 aromatic carbocycles. The second-order valence-corrected chi connectivity index (χ2v) is 5.46. The van der Waals surface area contributed by atoms with Crippen LogP contribution in [0, 0.1) is 17.6 Å². The van der Waals surface area contributed by atoms with Crippen LogP contribution in [0.4, 0.5) is 8.78 Å². The summed E-state index contributed by atoms with van der Waals surface area (Å²) >= 11 is 0. The zero-order chi connectivity index (χ0) is 13.1. The summed E-state index contributed by atoms with van der Waals surface area (Å²) in [6, 6.07) is 3.33. The normalized spacial score (nSPS) is 13.4. The van der Waals surface area contributed by atoms with E-state index in [9.17, 15) is 17.2 Å². The lowest BCUT2D eigenvalue weighted by Crippen LogP contribution is -2.25. The molecule has 0 radical (unpaired) electrons. The molecule has 2 N–H and O–H groups in total. The maximum atomic E-state index is 13.1. The number of nitrogens with two attached hydrogens (primary N) is 1. The van der Waals surface area contributed by atoms with Crippen molar-refractivity contribution in [3.05, 3.63) is 29.8 Å². The third-order valence-electron chi connectivity index (χ3n) is 1.95. The van der Waals surface area contributed by atoms with Gasteiger partial charge < -0.3 is 4.74 Å². The summed E-state index contributed by atoms with van der Waals surface area (Å²) in [6.07, 6.45) is 0. The van der Waals surface area contributed by atoms with Gasteiger partial charge in [-0.15, -0.1) is 0 Å². The number of hydrogen-bond acceptors (Lipinski definition) is 3. The monoisotopic (exact) mass is 265 g/mol. The molecule has 0 aliphatic carbocycles. The summed E-state index contributed by atoms with van der Waals surface area (Å²) in [5.74, 6) is -2.92. The molecule has 0 saturated heterocycles. The molecule has 1 unspecified atom stereocenters. The van der Waals surface area contributed by atoms with Crippen molar-refractivity contribution in [3.8, 4) is 5.75 Å². The van der Waals surface area contributed by atoms with Crippen LogP contribution in [0.15, 0.2) is 18.2 Å². The number of halogens is 2. The van der Waals surface area contributed by atoms with Gasteiger partial charge in [0.05, 0.1) is 12.4 Å². The minimum Gasteiger partial charge on any atom is -0.487 e. The van der Waals surface area contributed by atoms with Crippen LogP contribution in [0.1, 0.15) is 6.92 Å². The highest BCUT2D eigenvalue weighted by Crippen LogP contribution is 2.21. The van der Waals surface area contributed by atoms with E-state index in [1.165, 1.54) is 6.07 Å². The first-order valence-electron chi connectivity index (χ1n) is 4.87. The summed E-state index contributed by atoms with van der Waals surface area (Å²) < 4.78 is 52.7. The molecule has 4 nitrogen and oxygen atoms in total. The fourth-order valence-corrected chi connectivity index (χ4v) is 2.18. The summed E-state index contributed by atoms with van der Waals surface area (Å²) in [4.78, 5) is 0. The Morgan fingerprint density at radius 3 is 2.35 bits per heavy atom. The lowest BCUT2D eigenvalue weighted by molar-refractivity contribution is 0.248. The number of primary sulfonamides is 1. The summed E-state index contributed by atoms with van der Waals surface area (Å²) in [6.45, 7) is 1.43. The molecule has 0 aliphatic heterocycles. The molecule has 1 atom stereocenters. The highest BCUT2D eigenvalue weighted by Gasteiger charge is 2.15. The van der Waals surface area contributed by atoms with E-state index >= 15 is 0 Å². The van der Waals surface area contributed by atoms with Gasteiger partial charge in [0.2, 0.25) is 10.0 Å². The number of benzene rings is 1. The third kappa shape index (κ3) is 4.66. The SMILES string of the molecule is CC(COc1c(F)cccc1F)CS(N)(=O)=O. The van der Waals surface area contributed by atoms with Crippen molar-refractivity contribution < 1.29 is 21.9 Å². The zero-order valence-corrected chi connectivity index (χ0v) is 10.0. The molecule has 1 rings (SSSR count). The van der Waals surface area contributed by atoms with E-state index in [1.54, 1.807) is 6.92 Å². The Morgan fingerprint density at radius 1 is 1.35 bits per heavy atom. The Kier molecular flexibility index (Phi) is 4.41. The van der Waals surface area contributed by atoms with Gasteiger partial charge in [-0.3, -0.25) is 0 Å². The van der Waals surface area contributed by atoms with Gasteiger partial charge >= 0.3 is 0 Å². The minimum atomic E-state index is -3.62. The van der Waals surface area contributed by atoms with Crippen LogP contribution >= 0.6 is 0 Å². The van der Waals surface area contributed by atoms with Gasteiger partial charge in [-0.25, -0.2) is 22.3 Å². The highest BCUT2D eigenvalue weighted by atomic mass is 32.2. The first kappa shape index (κ1) is 13.9. The first-order valence-corrected chi connectivity index (χ1v) is 6.58. The predicted octanol–water partition coefficient (Wildman–Crippen LogP) is 1.27. The number of ether oxygens (including phenoxy) is 1. The van der Waals surface area contributed by atoms with Crippen LogP contribution < -0.4 is 9.88 Å². The third-order valence-corrected chi connectivity index (χ3v) is 2.98. The number of rotatable bonds is 5. The molecule has 17 heavy (non-hydrogen) atoms. The molecule has 0 fully saturated rings. The molecule has 7 heteroatoms. The van der Waals surface area contributed by atoms with Crippen molar-refractivity contribution in [1.82, 2.24) is 0 Å². The van der Waals surface area contributed by atoms with Crippen LogP contribution in [-0.4, -0.2) is 20.8 Å². The van der Waals surface area contributed by atoms with E-state index in [2.05, 4.69) is 0 Å². The van der Waals surface area contributed by atoms with Gasteiger partial charge in [-0.1, -0.05) is 13.0 Å². The van der Waals surface area contributed by atoms with Crippen LogP contribution in [0.3, 0.4) is 0 Å². The zero-order valence-electron chi connectivity index (χ0n) is 9.19. The van der Waals surface area contributed by atoms with E-state index < -0.39 is 33.3 Å². The Balaban J connectivity index is 2.62. The second-order valence-electron chi connectivity index (χ2n) is 3.80. The molecule has 0 bridgehead atoms. The Morgan fingerprint density at radius 2 is 1.88 bits per heavy atom. The van der Waals surface area contributed by atoms with Crippen molar-refractivity contribution in [2.24, 2.45) is 11.1 Å². The van der Waals surface area contributed by atoms with E-state index in [1.807, 2.05) is 0 Å². The minimum absolute atomic E-state index is 0.131. The van der Waals surface area contributed by atoms with Gasteiger partial charge in [-0.2, -0.15) is 0 Å². The van der Waals surface area contributed by atoms with E-state index in [-0.39, 0.29) is 12.4 Å². The van der Waals surface area contributed by atoms with Crippen LogP contribution in [0.5, 0.6) is 5.75 Å². The fourth-order valence-electron chi connectivity index (χ4n) is 1.29. The molecule has 96 valence electrons. The summed E-state index contributed by atoms with van der Waals surface area (Å²) in [5, 5.41) is 4.83. The molecule has 0 aromatic heterocycles. The van der Waals surface area contributed by atoms with Crippen molar-refractivity contribution in [1.29, 1.82) is 0 Å².